The van der Waals surface area contributed by atoms with Gasteiger partial charge >= 0.3 is 0 Å². The Hall–Kier alpha value is -1.37. The Morgan fingerprint density at radius 3 is 2.68 bits per heavy atom. The second-order valence-corrected chi connectivity index (χ2v) is 4.92. The highest BCUT2D eigenvalue weighted by molar-refractivity contribution is 9.10. The normalized spacial score (nSPS) is 12.5. The van der Waals surface area contributed by atoms with Crippen molar-refractivity contribution in [1.29, 1.82) is 0 Å². The number of nitrogens with one attached hydrogen (secondary N) is 1. The minimum absolute atomic E-state index is 0.154. The molecule has 0 aliphatic heterocycles. The molecule has 0 spiro atoms. The van der Waals surface area contributed by atoms with Gasteiger partial charge in [0.25, 0.3) is 0 Å². The summed E-state index contributed by atoms with van der Waals surface area (Å²) in [6, 6.07) is 5.21. The van der Waals surface area contributed by atoms with Gasteiger partial charge in [0.2, 0.25) is 0 Å². The van der Waals surface area contributed by atoms with Crippen LogP contribution in [0.3, 0.4) is 0 Å². The SMILES string of the molecule is Cc1cccnc1C(NN)c1c(F)ccc(Br)c1F. The molecule has 2 aromatic rings. The number of aryl methyl sites for hydroxylation is 1. The maximum atomic E-state index is 14.1. The standard InChI is InChI=1S/C13H12BrF2N3/c1-7-3-2-6-18-12(7)13(19-17)10-9(15)5-4-8(14)11(10)16/h2-6,13,19H,17H2,1H3. The zero-order valence-electron chi connectivity index (χ0n) is 10.1. The molecule has 3 nitrogen and oxygen atoms in total. The molecule has 2 rings (SSSR count). The summed E-state index contributed by atoms with van der Waals surface area (Å²) >= 11 is 3.04. The maximum absolute atomic E-state index is 14.1. The van der Waals surface area contributed by atoms with Crippen molar-refractivity contribution in [3.63, 3.8) is 0 Å². The van der Waals surface area contributed by atoms with Gasteiger partial charge in [-0.1, -0.05) is 6.07 Å². The van der Waals surface area contributed by atoms with Crippen molar-refractivity contribution in [3.8, 4) is 0 Å². The lowest BCUT2D eigenvalue weighted by molar-refractivity contribution is 0.501. The van der Waals surface area contributed by atoms with E-state index in [9.17, 15) is 8.78 Å². The van der Waals surface area contributed by atoms with Crippen LogP contribution in [0.15, 0.2) is 34.9 Å². The van der Waals surface area contributed by atoms with Crippen molar-refractivity contribution in [2.75, 3.05) is 0 Å². The third-order valence-corrected chi connectivity index (χ3v) is 3.47. The van der Waals surface area contributed by atoms with Crippen LogP contribution in [0.25, 0.3) is 0 Å². The molecule has 0 aliphatic carbocycles. The van der Waals surface area contributed by atoms with Gasteiger partial charge in [0.15, 0.2) is 0 Å². The first-order valence-electron chi connectivity index (χ1n) is 5.57. The number of hydrogen-bond donors (Lipinski definition) is 2. The van der Waals surface area contributed by atoms with Gasteiger partial charge in [-0.25, -0.2) is 14.2 Å². The fourth-order valence-corrected chi connectivity index (χ4v) is 2.25. The minimum Gasteiger partial charge on any atom is -0.271 e. The summed E-state index contributed by atoms with van der Waals surface area (Å²) in [5.41, 5.74) is 3.55. The van der Waals surface area contributed by atoms with Crippen molar-refractivity contribution in [2.45, 2.75) is 13.0 Å². The van der Waals surface area contributed by atoms with Gasteiger partial charge in [0.05, 0.1) is 16.2 Å². The van der Waals surface area contributed by atoms with E-state index in [0.29, 0.717) is 5.69 Å². The smallest absolute Gasteiger partial charge is 0.145 e. The molecule has 6 heteroatoms. The number of hydrazine groups is 1. The number of halogens is 3. The van der Waals surface area contributed by atoms with Crippen molar-refractivity contribution in [2.24, 2.45) is 5.84 Å². The molecule has 3 N–H and O–H groups in total. The van der Waals surface area contributed by atoms with Crippen LogP contribution in [0.5, 0.6) is 0 Å². The van der Waals surface area contributed by atoms with Crippen LogP contribution in [-0.4, -0.2) is 4.98 Å². The summed E-state index contributed by atoms with van der Waals surface area (Å²) in [6.45, 7) is 1.81. The molecule has 0 aliphatic rings. The Morgan fingerprint density at radius 1 is 1.32 bits per heavy atom. The molecule has 0 saturated carbocycles. The number of nitrogens with zero attached hydrogens (tertiary/aromatic N) is 1. The lowest BCUT2D eigenvalue weighted by atomic mass is 9.99. The summed E-state index contributed by atoms with van der Waals surface area (Å²) < 4.78 is 28.2. The van der Waals surface area contributed by atoms with E-state index in [1.807, 2.05) is 0 Å². The average Bonchev–Trinajstić information content (AvgIpc) is 2.40. The van der Waals surface area contributed by atoms with Crippen molar-refractivity contribution < 1.29 is 8.78 Å². The highest BCUT2D eigenvalue weighted by Crippen LogP contribution is 2.30. The number of aromatic nitrogens is 1. The summed E-state index contributed by atoms with van der Waals surface area (Å²) in [6.07, 6.45) is 1.56. The fraction of sp³-hybridized carbons (Fsp3) is 0.154. The molecule has 0 bridgehead atoms. The van der Waals surface area contributed by atoms with E-state index in [1.54, 1.807) is 25.3 Å². The third kappa shape index (κ3) is 2.65. The summed E-state index contributed by atoms with van der Waals surface area (Å²) in [4.78, 5) is 4.15. The zero-order valence-corrected chi connectivity index (χ0v) is 11.7. The van der Waals surface area contributed by atoms with Gasteiger partial charge in [-0.2, -0.15) is 0 Å². The Kier molecular flexibility index (Phi) is 4.24. The van der Waals surface area contributed by atoms with E-state index in [2.05, 4.69) is 26.3 Å². The zero-order chi connectivity index (χ0) is 14.0. The van der Waals surface area contributed by atoms with Crippen molar-refractivity contribution in [1.82, 2.24) is 10.4 Å². The highest BCUT2D eigenvalue weighted by Gasteiger charge is 2.24. The molecule has 19 heavy (non-hydrogen) atoms. The van der Waals surface area contributed by atoms with Crippen LogP contribution in [0.2, 0.25) is 0 Å². The van der Waals surface area contributed by atoms with Gasteiger partial charge in [-0.15, -0.1) is 0 Å². The Balaban J connectivity index is 2.61. The van der Waals surface area contributed by atoms with Crippen molar-refractivity contribution in [3.05, 3.63) is 63.4 Å². The molecule has 1 heterocycles. The first-order chi connectivity index (χ1) is 9.06. The number of benzene rings is 1. The predicted molar refractivity (Wildman–Crippen MR) is 72.2 cm³/mol. The van der Waals surface area contributed by atoms with Crippen LogP contribution in [0, 0.1) is 18.6 Å². The molecule has 0 amide bonds. The summed E-state index contributed by atoms with van der Waals surface area (Å²) in [5.74, 6) is 4.10. The molecule has 0 radical (unpaired) electrons. The van der Waals surface area contributed by atoms with Crippen LogP contribution < -0.4 is 11.3 Å². The predicted octanol–water partition coefficient (Wildman–Crippen LogP) is 2.98. The molecule has 1 aromatic heterocycles. The van der Waals surface area contributed by atoms with E-state index in [-0.39, 0.29) is 10.0 Å². The average molecular weight is 328 g/mol. The lowest BCUT2D eigenvalue weighted by Crippen LogP contribution is -2.31. The topological polar surface area (TPSA) is 50.9 Å². The van der Waals surface area contributed by atoms with Gasteiger partial charge in [-0.05, 0) is 46.6 Å². The Morgan fingerprint density at radius 2 is 2.05 bits per heavy atom. The second kappa shape index (κ2) is 5.73. The van der Waals surface area contributed by atoms with Crippen LogP contribution in [-0.2, 0) is 0 Å². The van der Waals surface area contributed by atoms with E-state index in [0.717, 1.165) is 5.56 Å². The van der Waals surface area contributed by atoms with Crippen LogP contribution in [0.4, 0.5) is 8.78 Å². The third-order valence-electron chi connectivity index (χ3n) is 2.86. The number of nitrogens with two attached hydrogens (primary N) is 1. The number of rotatable bonds is 3. The Bertz CT molecular complexity index is 604. The molecule has 0 fully saturated rings. The van der Waals surface area contributed by atoms with E-state index in [1.165, 1.54) is 12.1 Å². The van der Waals surface area contributed by atoms with E-state index < -0.39 is 17.7 Å². The molecule has 100 valence electrons. The van der Waals surface area contributed by atoms with Crippen molar-refractivity contribution >= 4 is 15.9 Å². The number of pyridine rings is 1. The van der Waals surface area contributed by atoms with Gasteiger partial charge in [0, 0.05) is 11.8 Å². The van der Waals surface area contributed by atoms with Crippen LogP contribution >= 0.6 is 15.9 Å². The summed E-state index contributed by atoms with van der Waals surface area (Å²) in [7, 11) is 0. The van der Waals surface area contributed by atoms with E-state index in [4.69, 9.17) is 5.84 Å². The van der Waals surface area contributed by atoms with Gasteiger partial charge in [-0.3, -0.25) is 10.8 Å². The fourth-order valence-electron chi connectivity index (χ4n) is 1.91. The largest absolute Gasteiger partial charge is 0.271 e. The Labute approximate surface area is 117 Å². The lowest BCUT2D eigenvalue weighted by Gasteiger charge is -2.19. The quantitative estimate of drug-likeness (QED) is 0.517. The molecule has 0 saturated heterocycles. The first-order valence-corrected chi connectivity index (χ1v) is 6.36. The minimum atomic E-state index is -0.848. The van der Waals surface area contributed by atoms with Gasteiger partial charge in [0.1, 0.15) is 11.6 Å². The molecule has 1 aromatic carbocycles. The maximum Gasteiger partial charge on any atom is 0.145 e. The summed E-state index contributed by atoms with van der Waals surface area (Å²) in [5, 5.41) is 0. The molecular formula is C13H12BrF2N3. The van der Waals surface area contributed by atoms with Gasteiger partial charge < -0.3 is 0 Å². The second-order valence-electron chi connectivity index (χ2n) is 4.06. The number of hydrogen-bond acceptors (Lipinski definition) is 3. The highest BCUT2D eigenvalue weighted by atomic mass is 79.9. The van der Waals surface area contributed by atoms with E-state index >= 15 is 0 Å². The monoisotopic (exact) mass is 327 g/mol. The molecular weight excluding hydrogens is 316 g/mol. The molecule has 1 atom stereocenters. The first kappa shape index (κ1) is 14.0. The van der Waals surface area contributed by atoms with Crippen LogP contribution in [0.1, 0.15) is 22.9 Å². The molecule has 1 unspecified atom stereocenters.